The van der Waals surface area contributed by atoms with E-state index in [-0.39, 0.29) is 5.96 Å². The maximum atomic E-state index is 12.2. The SMILES string of the molecule is NC(N)=NC(=O)c1ccc2c3ccccc3n(Cc3ccsc3)c2c1. The number of carbonyl (C=O) groups is 1. The van der Waals surface area contributed by atoms with Gasteiger partial charge in [-0.2, -0.15) is 16.3 Å². The molecule has 0 aliphatic heterocycles. The highest BCUT2D eigenvalue weighted by atomic mass is 32.1. The zero-order valence-electron chi connectivity index (χ0n) is 13.3. The van der Waals surface area contributed by atoms with E-state index >= 15 is 0 Å². The highest BCUT2D eigenvalue weighted by Crippen LogP contribution is 2.30. The molecule has 4 aromatic rings. The summed E-state index contributed by atoms with van der Waals surface area (Å²) in [5.41, 5.74) is 14.5. The Labute approximate surface area is 148 Å². The number of fused-ring (bicyclic) bond motifs is 3. The molecule has 4 N–H and O–H groups in total. The Hall–Kier alpha value is -3.12. The van der Waals surface area contributed by atoms with Crippen molar-refractivity contribution in [1.29, 1.82) is 0 Å². The summed E-state index contributed by atoms with van der Waals surface area (Å²) in [6.45, 7) is 0.744. The van der Waals surface area contributed by atoms with Crippen molar-refractivity contribution in [2.45, 2.75) is 6.54 Å². The average Bonchev–Trinajstić information content (AvgIpc) is 3.21. The summed E-state index contributed by atoms with van der Waals surface area (Å²) in [5, 5.41) is 6.46. The van der Waals surface area contributed by atoms with Gasteiger partial charge in [0.2, 0.25) is 0 Å². The van der Waals surface area contributed by atoms with Gasteiger partial charge in [-0.3, -0.25) is 4.79 Å². The van der Waals surface area contributed by atoms with Crippen molar-refractivity contribution >= 4 is 45.0 Å². The van der Waals surface area contributed by atoms with E-state index < -0.39 is 5.91 Å². The van der Waals surface area contributed by atoms with Crippen molar-refractivity contribution in [1.82, 2.24) is 4.57 Å². The third-order valence-electron chi connectivity index (χ3n) is 4.17. The first-order chi connectivity index (χ1) is 12.1. The number of amides is 1. The minimum atomic E-state index is -0.436. The summed E-state index contributed by atoms with van der Waals surface area (Å²) in [4.78, 5) is 15.8. The van der Waals surface area contributed by atoms with Crippen LogP contribution in [0, 0.1) is 0 Å². The maximum Gasteiger partial charge on any atom is 0.280 e. The third kappa shape index (κ3) is 2.77. The molecule has 2 aromatic carbocycles. The van der Waals surface area contributed by atoms with E-state index in [1.54, 1.807) is 17.4 Å². The highest BCUT2D eigenvalue weighted by Gasteiger charge is 2.13. The fourth-order valence-corrected chi connectivity index (χ4v) is 3.76. The summed E-state index contributed by atoms with van der Waals surface area (Å²) in [6.07, 6.45) is 0. The number of nitrogens with two attached hydrogens (primary N) is 2. The number of hydrogen-bond donors (Lipinski definition) is 2. The number of thiophene rings is 1. The number of rotatable bonds is 3. The standard InChI is InChI=1S/C19H16N4OS/c20-19(21)22-18(24)13-5-6-15-14-3-1-2-4-16(14)23(17(15)9-13)10-12-7-8-25-11-12/h1-9,11H,10H2,(H4,20,21,22,24). The van der Waals surface area contributed by atoms with Crippen molar-refractivity contribution in [3.05, 3.63) is 70.4 Å². The van der Waals surface area contributed by atoms with Gasteiger partial charge in [0.1, 0.15) is 0 Å². The molecule has 0 fully saturated rings. The smallest absolute Gasteiger partial charge is 0.280 e. The van der Waals surface area contributed by atoms with Crippen LogP contribution in [0.4, 0.5) is 0 Å². The van der Waals surface area contributed by atoms with Crippen LogP contribution in [0.3, 0.4) is 0 Å². The van der Waals surface area contributed by atoms with Crippen molar-refractivity contribution in [3.63, 3.8) is 0 Å². The van der Waals surface area contributed by atoms with E-state index in [9.17, 15) is 4.79 Å². The molecule has 0 saturated heterocycles. The molecule has 0 atom stereocenters. The zero-order valence-corrected chi connectivity index (χ0v) is 14.2. The number of aromatic nitrogens is 1. The van der Waals surface area contributed by atoms with Crippen LogP contribution < -0.4 is 11.5 Å². The Balaban J connectivity index is 1.95. The number of para-hydroxylation sites is 1. The lowest BCUT2D eigenvalue weighted by Crippen LogP contribution is -2.24. The molecular formula is C19H16N4OS. The van der Waals surface area contributed by atoms with Crippen LogP contribution in [0.2, 0.25) is 0 Å². The quantitative estimate of drug-likeness (QED) is 0.440. The molecule has 5 nitrogen and oxygen atoms in total. The van der Waals surface area contributed by atoms with Gasteiger partial charge >= 0.3 is 0 Å². The number of benzene rings is 2. The Morgan fingerprint density at radius 2 is 1.84 bits per heavy atom. The molecule has 4 rings (SSSR count). The van der Waals surface area contributed by atoms with Gasteiger partial charge in [-0.1, -0.05) is 24.3 Å². The summed E-state index contributed by atoms with van der Waals surface area (Å²) in [5.74, 6) is -0.668. The van der Waals surface area contributed by atoms with Gasteiger partial charge in [0.05, 0.1) is 5.52 Å². The van der Waals surface area contributed by atoms with Crippen molar-refractivity contribution in [3.8, 4) is 0 Å². The van der Waals surface area contributed by atoms with Crippen LogP contribution in [0.15, 0.2) is 64.3 Å². The van der Waals surface area contributed by atoms with Crippen LogP contribution in [0.1, 0.15) is 15.9 Å². The van der Waals surface area contributed by atoms with Crippen LogP contribution in [0.5, 0.6) is 0 Å². The lowest BCUT2D eigenvalue weighted by molar-refractivity contribution is 0.100. The lowest BCUT2D eigenvalue weighted by atomic mass is 10.1. The third-order valence-corrected chi connectivity index (χ3v) is 4.90. The minimum absolute atomic E-state index is 0.232. The summed E-state index contributed by atoms with van der Waals surface area (Å²) >= 11 is 1.67. The molecule has 25 heavy (non-hydrogen) atoms. The second-order valence-electron chi connectivity index (χ2n) is 5.81. The molecule has 2 aromatic heterocycles. The first kappa shape index (κ1) is 15.4. The molecule has 0 spiro atoms. The van der Waals surface area contributed by atoms with Gasteiger partial charge in [-0.15, -0.1) is 0 Å². The molecule has 124 valence electrons. The maximum absolute atomic E-state index is 12.2. The number of guanidine groups is 1. The average molecular weight is 348 g/mol. The molecule has 1 amide bonds. The Bertz CT molecular complexity index is 1110. The van der Waals surface area contributed by atoms with Gasteiger partial charge in [0.25, 0.3) is 5.91 Å². The van der Waals surface area contributed by atoms with E-state index in [4.69, 9.17) is 11.5 Å². The molecule has 0 aliphatic carbocycles. The van der Waals surface area contributed by atoms with Crippen LogP contribution in [-0.2, 0) is 6.54 Å². The summed E-state index contributed by atoms with van der Waals surface area (Å²) in [6, 6.07) is 15.9. The van der Waals surface area contributed by atoms with Crippen LogP contribution in [0.25, 0.3) is 21.8 Å². The highest BCUT2D eigenvalue weighted by molar-refractivity contribution is 7.07. The van der Waals surface area contributed by atoms with E-state index in [0.717, 1.165) is 28.4 Å². The Kier molecular flexibility index (Phi) is 3.74. The van der Waals surface area contributed by atoms with Gasteiger partial charge in [0, 0.05) is 28.4 Å². The number of aliphatic imine (C=N–C) groups is 1. The van der Waals surface area contributed by atoms with E-state index in [0.29, 0.717) is 5.56 Å². The van der Waals surface area contributed by atoms with Crippen molar-refractivity contribution in [2.24, 2.45) is 16.5 Å². The molecule has 0 bridgehead atoms. The minimum Gasteiger partial charge on any atom is -0.370 e. The van der Waals surface area contributed by atoms with Crippen molar-refractivity contribution < 1.29 is 4.79 Å². The van der Waals surface area contributed by atoms with Crippen LogP contribution >= 0.6 is 11.3 Å². The van der Waals surface area contributed by atoms with Crippen LogP contribution in [-0.4, -0.2) is 16.4 Å². The summed E-state index contributed by atoms with van der Waals surface area (Å²) in [7, 11) is 0. The molecule has 0 unspecified atom stereocenters. The fourth-order valence-electron chi connectivity index (χ4n) is 3.10. The van der Waals surface area contributed by atoms with Gasteiger partial charge < -0.3 is 16.0 Å². The Morgan fingerprint density at radius 3 is 2.60 bits per heavy atom. The normalized spacial score (nSPS) is 11.0. The Morgan fingerprint density at radius 1 is 1.04 bits per heavy atom. The fraction of sp³-hybridized carbons (Fsp3) is 0.0526. The molecule has 6 heteroatoms. The molecule has 0 aliphatic rings. The summed E-state index contributed by atoms with van der Waals surface area (Å²) < 4.78 is 2.22. The topological polar surface area (TPSA) is 86.4 Å². The number of carbonyl (C=O) groups excluding carboxylic acids is 1. The monoisotopic (exact) mass is 348 g/mol. The molecule has 2 heterocycles. The predicted octanol–water partition coefficient (Wildman–Crippen LogP) is 3.32. The lowest BCUT2D eigenvalue weighted by Gasteiger charge is -2.07. The van der Waals surface area contributed by atoms with Crippen molar-refractivity contribution in [2.75, 3.05) is 0 Å². The van der Waals surface area contributed by atoms with E-state index in [1.807, 2.05) is 24.3 Å². The largest absolute Gasteiger partial charge is 0.370 e. The first-order valence-electron chi connectivity index (χ1n) is 7.79. The zero-order chi connectivity index (χ0) is 17.4. The second-order valence-corrected chi connectivity index (χ2v) is 6.59. The predicted molar refractivity (Wildman–Crippen MR) is 103 cm³/mol. The van der Waals surface area contributed by atoms with Gasteiger partial charge in [-0.25, -0.2) is 0 Å². The van der Waals surface area contributed by atoms with E-state index in [1.165, 1.54) is 5.56 Å². The molecule has 0 saturated carbocycles. The van der Waals surface area contributed by atoms with Gasteiger partial charge in [0.15, 0.2) is 5.96 Å². The number of hydrogen-bond acceptors (Lipinski definition) is 2. The number of nitrogens with zero attached hydrogens (tertiary/aromatic N) is 2. The second kappa shape index (κ2) is 6.07. The van der Waals surface area contributed by atoms with E-state index in [2.05, 4.69) is 38.5 Å². The first-order valence-corrected chi connectivity index (χ1v) is 8.74. The molecule has 0 radical (unpaired) electrons. The molecular weight excluding hydrogens is 332 g/mol. The van der Waals surface area contributed by atoms with Gasteiger partial charge in [-0.05, 0) is 40.6 Å².